The fourth-order valence-corrected chi connectivity index (χ4v) is 24.3. The second kappa shape index (κ2) is 55.0. The maximum Gasteiger partial charge on any atom is 0.239 e. The largest absolute Gasteiger partial charge is 0.507 e. The van der Waals surface area contributed by atoms with Crippen molar-refractivity contribution in [1.29, 1.82) is 0 Å². The lowest BCUT2D eigenvalue weighted by molar-refractivity contribution is -0.0459. The molecule has 4 fully saturated rings. The third-order valence-corrected chi connectivity index (χ3v) is 34.3. The highest BCUT2D eigenvalue weighted by Gasteiger charge is 2.46. The van der Waals surface area contributed by atoms with Crippen LogP contribution in [0.5, 0.6) is 28.7 Å². The van der Waals surface area contributed by atoms with Crippen LogP contribution < -0.4 is 18.9 Å². The predicted molar refractivity (Wildman–Crippen MR) is 578 cm³/mol. The van der Waals surface area contributed by atoms with Crippen molar-refractivity contribution in [2.75, 3.05) is 180 Å². The molecular formula is C107H173BrCl2N4O25S4. The standard InChI is InChI=1S/C24H41NO7S.C20H31NO4S.C20H29NO3S.C19H30O5.C18H29BrO4.C5H11NO2S.CH2Cl2/c1-9-25-11-10-20(33(25,27)28)21(26)17-12-18(23(2,3)4)22(32-16-30-8)19(13-17)24(5,6)14-31-15-29-7;1-7-21-9-8-15(26(21,24)25)10-14-11-16(19(2,3)4)18(23)17(12-14)20(5,6)13-22;1-7-21-9-8-15(25(21,22)23)10-14-11-16(19(2,3)4)18-17(12-14)20(5,6)13-24-18;1-18(2,3)15-8-14(10-20)9-16(17(15)24-13-22-7)19(4,5)11-23-12-21-6;1-17(2,3)14-8-13(19)9-15(16(14)23-12-21-7)18(4,5)10-22-11-20-6;1-2-6-4-3-5-9(6,7)8;2-1-3/h12-13,20-21,26H,9-11,14-16H2,1-8H3;10-12,22-23H,7-9,13H2,1-6H3;10-12H,7-9,13H2,1-6H3;8-10H,11-13H2,1-7H3;8-9H,10-12H2,1-7H3;2-5H2,1H3;1H2/b;2*15-10+;;;;. The van der Waals surface area contributed by atoms with E-state index in [4.69, 9.17) is 84.8 Å². The molecule has 10 rings (SSSR count). The van der Waals surface area contributed by atoms with Crippen molar-refractivity contribution in [3.05, 3.63) is 153 Å². The number of rotatable bonds is 35. The Morgan fingerprint density at radius 1 is 0.455 bits per heavy atom. The summed E-state index contributed by atoms with van der Waals surface area (Å²) >= 11 is 13.2. The molecule has 0 amide bonds. The van der Waals surface area contributed by atoms with Crippen LogP contribution in [-0.4, -0.2) is 258 Å². The first-order chi connectivity index (χ1) is 66.0. The molecule has 5 heterocycles. The van der Waals surface area contributed by atoms with Crippen LogP contribution in [0.15, 0.2) is 74.9 Å². The minimum Gasteiger partial charge on any atom is -0.507 e. The number of hydrogen-bond acceptors (Lipinski definition) is 25. The van der Waals surface area contributed by atoms with E-state index in [9.17, 15) is 53.8 Å². The zero-order valence-electron chi connectivity index (χ0n) is 92.2. The second-order valence-corrected chi connectivity index (χ2v) is 54.5. The number of sulfonamides is 4. The van der Waals surface area contributed by atoms with E-state index in [0.717, 1.165) is 96.6 Å². The number of aldehydes is 1. The molecule has 2 unspecified atom stereocenters. The molecule has 0 radical (unpaired) electrons. The summed E-state index contributed by atoms with van der Waals surface area (Å²) in [7, 11) is -3.54. The molecule has 0 aliphatic carbocycles. The number of halogens is 3. The number of benzene rings is 5. The molecule has 5 aromatic carbocycles. The Kier molecular flexibility index (Phi) is 49.9. The SMILES string of the molecule is CCN1CC/C(=C\c2cc(C(C)(C)C)c(O)c(C(C)(C)CO)c2)S1(=O)=O.CCN1CC/C(=C\c2cc(C(C)(C)C)c3c(c2)C(C)(C)CO3)S1(=O)=O.CCN1CCC(C(O)c2cc(C(C)(C)C)c(OCOC)c(C(C)(C)COCOC)c2)S1(=O)=O.CCN1CCCS1(=O)=O.COCOCC(C)(C)c1cc(Br)cc(C(C)(C)C)c1OCOC.COCOCC(C)(C)c1cc(C=O)cc(C(C)(C)C)c1OCOC.ClCCl. The Morgan fingerprint density at radius 2 is 0.797 bits per heavy atom. The van der Waals surface area contributed by atoms with E-state index in [0.29, 0.717) is 130 Å². The number of phenolic OH excluding ortho intramolecular Hbond substituents is 1. The first-order valence-electron chi connectivity index (χ1n) is 48.7. The number of ether oxygens (including phenoxy) is 13. The van der Waals surface area contributed by atoms with Crippen molar-refractivity contribution in [2.24, 2.45) is 0 Å². The van der Waals surface area contributed by atoms with Gasteiger partial charge in [0.1, 0.15) is 60.7 Å². The fraction of sp³-hybridized carbons (Fsp3) is 0.673. The van der Waals surface area contributed by atoms with E-state index in [1.807, 2.05) is 113 Å². The van der Waals surface area contributed by atoms with Crippen LogP contribution in [0.3, 0.4) is 0 Å². The Morgan fingerprint density at radius 3 is 1.15 bits per heavy atom. The number of fused-ring (bicyclic) bond motifs is 1. The normalized spacial score (nSPS) is 18.3. The number of aliphatic hydroxyl groups excluding tert-OH is 2. The van der Waals surface area contributed by atoms with E-state index >= 15 is 0 Å². The Labute approximate surface area is 877 Å². The van der Waals surface area contributed by atoms with Gasteiger partial charge in [-0.3, -0.25) is 4.79 Å². The van der Waals surface area contributed by atoms with E-state index in [-0.39, 0.29) is 102 Å². The average Bonchev–Trinajstić information content (AvgIpc) is 1.69. The van der Waals surface area contributed by atoms with Crippen molar-refractivity contribution in [1.82, 2.24) is 17.2 Å². The predicted octanol–water partition coefficient (Wildman–Crippen LogP) is 20.5. The summed E-state index contributed by atoms with van der Waals surface area (Å²) in [5.41, 5.74) is 9.63. The molecular weight excluding hydrogens is 2020 g/mol. The van der Waals surface area contributed by atoms with Gasteiger partial charge in [-0.15, -0.1) is 23.2 Å². The van der Waals surface area contributed by atoms with Gasteiger partial charge in [-0.1, -0.05) is 217 Å². The molecule has 816 valence electrons. The van der Waals surface area contributed by atoms with Gasteiger partial charge in [0.25, 0.3) is 0 Å². The van der Waals surface area contributed by atoms with Crippen molar-refractivity contribution < 1.29 is 115 Å². The third kappa shape index (κ3) is 35.6. The van der Waals surface area contributed by atoms with Gasteiger partial charge in [0, 0.05) is 188 Å². The molecule has 3 N–H and O–H groups in total. The Balaban J connectivity index is 0.000000363. The molecule has 36 heteroatoms. The maximum absolute atomic E-state index is 13.0. The quantitative estimate of drug-likeness (QED) is 0.0147. The lowest BCUT2D eigenvalue weighted by Crippen LogP contribution is -2.33. The first kappa shape index (κ1) is 130. The smallest absolute Gasteiger partial charge is 0.239 e. The molecule has 0 bridgehead atoms. The van der Waals surface area contributed by atoms with Gasteiger partial charge in [-0.05, 0) is 142 Å². The molecule has 0 saturated carbocycles. The molecule has 0 aromatic heterocycles. The number of carbonyl (C=O) groups excluding carboxylic acids is 1. The first-order valence-corrected chi connectivity index (χ1v) is 56.6. The van der Waals surface area contributed by atoms with Crippen LogP contribution in [0, 0.1) is 0 Å². The lowest BCUT2D eigenvalue weighted by Gasteiger charge is -2.33. The highest BCUT2D eigenvalue weighted by molar-refractivity contribution is 9.10. The number of hydrogen-bond donors (Lipinski definition) is 3. The van der Waals surface area contributed by atoms with Crippen LogP contribution in [0.2, 0.25) is 0 Å². The molecule has 5 aromatic rings. The van der Waals surface area contributed by atoms with Gasteiger partial charge in [0.15, 0.2) is 20.4 Å². The van der Waals surface area contributed by atoms with E-state index in [1.165, 1.54) is 18.5 Å². The van der Waals surface area contributed by atoms with Gasteiger partial charge in [-0.25, -0.2) is 42.3 Å². The lowest BCUT2D eigenvalue weighted by atomic mass is 9.77. The summed E-state index contributed by atoms with van der Waals surface area (Å²) in [6.45, 7) is 66.5. The molecule has 0 spiro atoms. The summed E-state index contributed by atoms with van der Waals surface area (Å²) in [4.78, 5) is 12.4. The number of aliphatic hydroxyl groups is 2. The highest BCUT2D eigenvalue weighted by atomic mass is 79.9. The van der Waals surface area contributed by atoms with Gasteiger partial charge in [0.05, 0.1) is 60.0 Å². The summed E-state index contributed by atoms with van der Waals surface area (Å²) in [5, 5.41) is 31.2. The summed E-state index contributed by atoms with van der Waals surface area (Å²) in [6, 6.07) is 19.5. The maximum atomic E-state index is 13.0. The summed E-state index contributed by atoms with van der Waals surface area (Å²) in [6.07, 6.45) is 5.53. The van der Waals surface area contributed by atoms with Crippen LogP contribution in [0.1, 0.15) is 315 Å². The monoisotopic (exact) mass is 2190 g/mol. The summed E-state index contributed by atoms with van der Waals surface area (Å²) < 4.78 is 176. The van der Waals surface area contributed by atoms with Gasteiger partial charge < -0.3 is 76.9 Å². The third-order valence-electron chi connectivity index (χ3n) is 25.2. The van der Waals surface area contributed by atoms with Gasteiger partial charge in [0.2, 0.25) is 40.1 Å². The van der Waals surface area contributed by atoms with Crippen molar-refractivity contribution >= 4 is 97.7 Å². The number of aromatic hydroxyl groups is 1. The molecule has 5 aliphatic rings. The van der Waals surface area contributed by atoms with Crippen molar-refractivity contribution in [2.45, 2.75) is 292 Å². The van der Waals surface area contributed by atoms with Crippen LogP contribution in [0.25, 0.3) is 12.2 Å². The van der Waals surface area contributed by atoms with Crippen LogP contribution in [-0.2, 0) is 137 Å². The van der Waals surface area contributed by atoms with Crippen molar-refractivity contribution in [3.8, 4) is 28.7 Å². The van der Waals surface area contributed by atoms with Crippen LogP contribution >= 0.6 is 39.1 Å². The zero-order chi connectivity index (χ0) is 109. The number of carbonyl (C=O) groups is 1. The van der Waals surface area contributed by atoms with Crippen molar-refractivity contribution in [3.63, 3.8) is 0 Å². The van der Waals surface area contributed by atoms with E-state index in [2.05, 4.69) is 165 Å². The van der Waals surface area contributed by atoms with E-state index in [1.54, 1.807) is 59.1 Å². The number of alkyl halides is 2. The number of methoxy groups -OCH3 is 6. The Bertz CT molecular complexity index is 5480. The topological polar surface area (TPSA) is 347 Å². The van der Waals surface area contributed by atoms with Gasteiger partial charge >= 0.3 is 0 Å². The molecule has 143 heavy (non-hydrogen) atoms. The van der Waals surface area contributed by atoms with E-state index < -0.39 is 62.3 Å². The molecule has 5 aliphatic heterocycles. The number of phenols is 1. The molecule has 29 nitrogen and oxygen atoms in total. The minimum atomic E-state index is -3.57. The zero-order valence-corrected chi connectivity index (χ0v) is 98.6. The summed E-state index contributed by atoms with van der Waals surface area (Å²) in [5.74, 6) is 3.78. The number of nitrogens with zero attached hydrogens (tertiary/aromatic N) is 4. The molecule has 4 saturated heterocycles. The fourth-order valence-electron chi connectivity index (χ4n) is 17.0. The highest BCUT2D eigenvalue weighted by Crippen LogP contribution is 2.50. The Hall–Kier alpha value is -5.49. The van der Waals surface area contributed by atoms with Gasteiger partial charge in [-0.2, -0.15) is 8.61 Å². The van der Waals surface area contributed by atoms with Crippen LogP contribution in [0.4, 0.5) is 0 Å². The molecule has 2 atom stereocenters. The minimum absolute atomic E-state index is 0.0505. The average molecular weight is 2190 g/mol. The second-order valence-electron chi connectivity index (χ2n) is 44.6.